The first kappa shape index (κ1) is 17.4. The Kier molecular flexibility index (Phi) is 6.37. The largest absolute Gasteiger partial charge is 0.338 e. The number of nitrogens with zero attached hydrogens (tertiary/aromatic N) is 3. The van der Waals surface area contributed by atoms with Crippen molar-refractivity contribution in [1.29, 1.82) is 0 Å². The summed E-state index contributed by atoms with van der Waals surface area (Å²) in [6.07, 6.45) is 2.31. The quantitative estimate of drug-likeness (QED) is 0.873. The molecule has 1 saturated heterocycles. The van der Waals surface area contributed by atoms with Crippen LogP contribution in [0.2, 0.25) is 0 Å². The highest BCUT2D eigenvalue weighted by Gasteiger charge is 2.20. The number of rotatable bonds is 4. The highest BCUT2D eigenvalue weighted by molar-refractivity contribution is 9.10. The van der Waals surface area contributed by atoms with Crippen LogP contribution < -0.4 is 5.73 Å². The molecule has 2 heterocycles. The maximum Gasteiger partial charge on any atom is 0.241 e. The number of nitrogens with two attached hydrogens (primary N) is 1. The van der Waals surface area contributed by atoms with E-state index in [1.54, 1.807) is 0 Å². The van der Waals surface area contributed by atoms with Crippen molar-refractivity contribution in [2.24, 2.45) is 11.7 Å². The van der Waals surface area contributed by atoms with Crippen molar-refractivity contribution in [3.05, 3.63) is 34.6 Å². The SMILES string of the molecule is Cl.NCC1CCN(Cc2nc(-c3cccc(Br)c3)no2)CC1. The predicted octanol–water partition coefficient (Wildman–Crippen LogP) is 3.09. The summed E-state index contributed by atoms with van der Waals surface area (Å²) < 4.78 is 6.38. The van der Waals surface area contributed by atoms with Crippen LogP contribution in [0.5, 0.6) is 0 Å². The van der Waals surface area contributed by atoms with Crippen LogP contribution in [-0.2, 0) is 6.54 Å². The van der Waals surface area contributed by atoms with Gasteiger partial charge in [-0.25, -0.2) is 0 Å². The van der Waals surface area contributed by atoms with Gasteiger partial charge in [-0.1, -0.05) is 33.2 Å². The minimum absolute atomic E-state index is 0. The van der Waals surface area contributed by atoms with Crippen molar-refractivity contribution in [2.45, 2.75) is 19.4 Å². The van der Waals surface area contributed by atoms with Gasteiger partial charge in [-0.3, -0.25) is 4.90 Å². The Morgan fingerprint density at radius 3 is 2.77 bits per heavy atom. The minimum Gasteiger partial charge on any atom is -0.338 e. The molecular formula is C15H20BrClN4O. The van der Waals surface area contributed by atoms with Crippen LogP contribution in [0, 0.1) is 5.92 Å². The first-order valence-corrected chi connectivity index (χ1v) is 8.05. The van der Waals surface area contributed by atoms with E-state index in [0.29, 0.717) is 17.6 Å². The molecule has 3 rings (SSSR count). The van der Waals surface area contributed by atoms with Gasteiger partial charge in [-0.05, 0) is 50.5 Å². The lowest BCUT2D eigenvalue weighted by atomic mass is 9.97. The third kappa shape index (κ3) is 4.29. The fourth-order valence-corrected chi connectivity index (χ4v) is 3.03. The minimum atomic E-state index is 0. The van der Waals surface area contributed by atoms with E-state index >= 15 is 0 Å². The second-order valence-corrected chi connectivity index (χ2v) is 6.39. The molecule has 0 atom stereocenters. The standard InChI is InChI=1S/C15H19BrN4O.ClH/c16-13-3-1-2-12(8-13)15-18-14(21-19-15)10-20-6-4-11(9-17)5-7-20;/h1-3,8,11H,4-7,9-10,17H2;1H. The van der Waals surface area contributed by atoms with Crippen molar-refractivity contribution in [1.82, 2.24) is 15.0 Å². The van der Waals surface area contributed by atoms with Gasteiger partial charge < -0.3 is 10.3 Å². The van der Waals surface area contributed by atoms with Gasteiger partial charge in [0.25, 0.3) is 0 Å². The number of halogens is 2. The topological polar surface area (TPSA) is 68.2 Å². The summed E-state index contributed by atoms with van der Waals surface area (Å²) in [6.45, 7) is 3.62. The molecule has 7 heteroatoms. The summed E-state index contributed by atoms with van der Waals surface area (Å²) in [4.78, 5) is 6.84. The summed E-state index contributed by atoms with van der Waals surface area (Å²) in [5, 5.41) is 4.07. The van der Waals surface area contributed by atoms with Crippen molar-refractivity contribution in [3.63, 3.8) is 0 Å². The van der Waals surface area contributed by atoms with Gasteiger partial charge in [-0.2, -0.15) is 4.98 Å². The third-order valence-electron chi connectivity index (χ3n) is 3.95. The van der Waals surface area contributed by atoms with Gasteiger partial charge in [0, 0.05) is 10.0 Å². The second kappa shape index (κ2) is 8.06. The van der Waals surface area contributed by atoms with E-state index in [1.165, 1.54) is 0 Å². The molecule has 1 aliphatic rings. The fraction of sp³-hybridized carbons (Fsp3) is 0.467. The Bertz CT molecular complexity index is 599. The predicted molar refractivity (Wildman–Crippen MR) is 91.7 cm³/mol. The van der Waals surface area contributed by atoms with Gasteiger partial charge in [-0.15, -0.1) is 12.4 Å². The molecular weight excluding hydrogens is 368 g/mol. The van der Waals surface area contributed by atoms with Crippen LogP contribution >= 0.6 is 28.3 Å². The lowest BCUT2D eigenvalue weighted by Crippen LogP contribution is -2.35. The van der Waals surface area contributed by atoms with Crippen LogP contribution in [0.1, 0.15) is 18.7 Å². The molecule has 120 valence electrons. The summed E-state index contributed by atoms with van der Waals surface area (Å²) in [5.41, 5.74) is 6.68. The smallest absolute Gasteiger partial charge is 0.241 e. The Morgan fingerprint density at radius 1 is 1.32 bits per heavy atom. The number of aromatic nitrogens is 2. The number of hydrogen-bond acceptors (Lipinski definition) is 5. The molecule has 1 aliphatic heterocycles. The summed E-state index contributed by atoms with van der Waals surface area (Å²) >= 11 is 3.45. The molecule has 0 radical (unpaired) electrons. The zero-order valence-corrected chi connectivity index (χ0v) is 14.6. The first-order valence-electron chi connectivity index (χ1n) is 7.25. The Morgan fingerprint density at radius 2 is 2.09 bits per heavy atom. The van der Waals surface area contributed by atoms with Gasteiger partial charge >= 0.3 is 0 Å². The zero-order valence-electron chi connectivity index (χ0n) is 12.2. The van der Waals surface area contributed by atoms with Crippen molar-refractivity contribution >= 4 is 28.3 Å². The van der Waals surface area contributed by atoms with Crippen LogP contribution in [0.15, 0.2) is 33.3 Å². The average molecular weight is 388 g/mol. The summed E-state index contributed by atoms with van der Waals surface area (Å²) in [5.74, 6) is 1.99. The molecule has 2 aromatic rings. The van der Waals surface area contributed by atoms with E-state index < -0.39 is 0 Å². The van der Waals surface area contributed by atoms with Crippen molar-refractivity contribution in [3.8, 4) is 11.4 Å². The van der Waals surface area contributed by atoms with Crippen molar-refractivity contribution < 1.29 is 4.52 Å². The lowest BCUT2D eigenvalue weighted by molar-refractivity contribution is 0.161. The van der Waals surface area contributed by atoms with E-state index in [0.717, 1.165) is 49.1 Å². The second-order valence-electron chi connectivity index (χ2n) is 5.48. The molecule has 0 amide bonds. The van der Waals surface area contributed by atoms with Gasteiger partial charge in [0.15, 0.2) is 0 Å². The van der Waals surface area contributed by atoms with Gasteiger partial charge in [0.1, 0.15) is 0 Å². The van der Waals surface area contributed by atoms with E-state index in [-0.39, 0.29) is 12.4 Å². The highest BCUT2D eigenvalue weighted by Crippen LogP contribution is 2.22. The third-order valence-corrected chi connectivity index (χ3v) is 4.44. The average Bonchev–Trinajstić information content (AvgIpc) is 2.97. The molecule has 0 saturated carbocycles. The molecule has 0 aliphatic carbocycles. The molecule has 5 nitrogen and oxygen atoms in total. The van der Waals surface area contributed by atoms with Gasteiger partial charge in [0.2, 0.25) is 11.7 Å². The molecule has 0 unspecified atom stereocenters. The monoisotopic (exact) mass is 386 g/mol. The molecule has 2 N–H and O–H groups in total. The fourth-order valence-electron chi connectivity index (χ4n) is 2.64. The maximum absolute atomic E-state index is 5.72. The molecule has 1 fully saturated rings. The van der Waals surface area contributed by atoms with E-state index in [9.17, 15) is 0 Å². The Balaban J connectivity index is 0.00000176. The first-order chi connectivity index (χ1) is 10.2. The van der Waals surface area contributed by atoms with Crippen molar-refractivity contribution in [2.75, 3.05) is 19.6 Å². The number of piperidine rings is 1. The van der Waals surface area contributed by atoms with Gasteiger partial charge in [0.05, 0.1) is 6.54 Å². The highest BCUT2D eigenvalue weighted by atomic mass is 79.9. The molecule has 22 heavy (non-hydrogen) atoms. The molecule has 1 aromatic heterocycles. The van der Waals surface area contributed by atoms with Crippen LogP contribution in [0.4, 0.5) is 0 Å². The normalized spacial score (nSPS) is 16.5. The number of benzene rings is 1. The van der Waals surface area contributed by atoms with E-state index in [4.69, 9.17) is 10.3 Å². The zero-order chi connectivity index (χ0) is 14.7. The molecule has 1 aromatic carbocycles. The van der Waals surface area contributed by atoms with Crippen LogP contribution in [-0.4, -0.2) is 34.7 Å². The number of likely N-dealkylation sites (tertiary alicyclic amines) is 1. The lowest BCUT2D eigenvalue weighted by Gasteiger charge is -2.30. The molecule has 0 spiro atoms. The summed E-state index contributed by atoms with van der Waals surface area (Å²) in [6, 6.07) is 7.91. The Hall–Kier alpha value is -0.950. The van der Waals surface area contributed by atoms with Crippen LogP contribution in [0.25, 0.3) is 11.4 Å². The maximum atomic E-state index is 5.72. The van der Waals surface area contributed by atoms with Crippen LogP contribution in [0.3, 0.4) is 0 Å². The molecule has 0 bridgehead atoms. The Labute approximate surface area is 144 Å². The summed E-state index contributed by atoms with van der Waals surface area (Å²) in [7, 11) is 0. The van der Waals surface area contributed by atoms with E-state index in [2.05, 4.69) is 31.0 Å². The van der Waals surface area contributed by atoms with E-state index in [1.807, 2.05) is 24.3 Å². The number of hydrogen-bond donors (Lipinski definition) is 1.